The molecule has 1 atom stereocenters. The molecule has 4 nitrogen and oxygen atoms in total. The summed E-state index contributed by atoms with van der Waals surface area (Å²) < 4.78 is 13.8. The van der Waals surface area contributed by atoms with E-state index in [-0.39, 0.29) is 21.0 Å². The second-order valence-corrected chi connectivity index (χ2v) is 6.22. The number of nitrogens with one attached hydrogen (secondary N) is 1. The zero-order valence-corrected chi connectivity index (χ0v) is 13.4. The van der Waals surface area contributed by atoms with E-state index in [1.165, 1.54) is 12.1 Å². The number of rotatable bonds is 6. The van der Waals surface area contributed by atoms with Crippen LogP contribution in [0.25, 0.3) is 0 Å². The number of halogens is 2. The van der Waals surface area contributed by atoms with Crippen LogP contribution in [0.3, 0.4) is 0 Å². The van der Waals surface area contributed by atoms with Crippen LogP contribution in [0.5, 0.6) is 0 Å². The molecule has 0 spiro atoms. The predicted molar refractivity (Wildman–Crippen MR) is 82.9 cm³/mol. The zero-order valence-electron chi connectivity index (χ0n) is 11.2. The van der Waals surface area contributed by atoms with Gasteiger partial charge in [0.05, 0.1) is 8.49 Å². The molecule has 0 radical (unpaired) electrons. The van der Waals surface area contributed by atoms with E-state index < -0.39 is 10.7 Å². The Morgan fingerprint density at radius 3 is 2.53 bits per heavy atom. The molecule has 0 bridgehead atoms. The van der Waals surface area contributed by atoms with Crippen LogP contribution < -0.4 is 5.32 Å². The van der Waals surface area contributed by atoms with E-state index in [2.05, 4.69) is 19.2 Å². The van der Waals surface area contributed by atoms with Gasteiger partial charge in [-0.05, 0) is 48.3 Å². The fourth-order valence-corrected chi connectivity index (χ4v) is 2.17. The summed E-state index contributed by atoms with van der Waals surface area (Å²) in [7, 11) is 0. The van der Waals surface area contributed by atoms with Gasteiger partial charge in [-0.3, -0.25) is 10.1 Å². The minimum absolute atomic E-state index is 0.0700. The molecular weight excluding hydrogens is 362 g/mol. The molecule has 6 heteroatoms. The van der Waals surface area contributed by atoms with Gasteiger partial charge in [0.15, 0.2) is 0 Å². The van der Waals surface area contributed by atoms with Crippen molar-refractivity contribution in [3.05, 3.63) is 31.6 Å². The van der Waals surface area contributed by atoms with Gasteiger partial charge in [-0.2, -0.15) is 0 Å². The van der Waals surface area contributed by atoms with E-state index >= 15 is 0 Å². The summed E-state index contributed by atoms with van der Waals surface area (Å²) >= 11 is 1.75. The highest BCUT2D eigenvalue weighted by molar-refractivity contribution is 14.1. The minimum Gasteiger partial charge on any atom is -0.377 e. The van der Waals surface area contributed by atoms with Crippen molar-refractivity contribution in [3.63, 3.8) is 0 Å². The summed E-state index contributed by atoms with van der Waals surface area (Å²) in [4.78, 5) is 10.5. The van der Waals surface area contributed by atoms with Crippen LogP contribution >= 0.6 is 22.6 Å². The third-order valence-electron chi connectivity index (χ3n) is 2.81. The van der Waals surface area contributed by atoms with Gasteiger partial charge in [-0.1, -0.05) is 13.8 Å². The molecule has 0 aliphatic rings. The Hall–Kier alpha value is -0.920. The molecule has 0 fully saturated rings. The Morgan fingerprint density at radius 2 is 2.00 bits per heavy atom. The molecular formula is C13H18FIN2O2. The molecule has 106 valence electrons. The highest BCUT2D eigenvalue weighted by Gasteiger charge is 2.18. The summed E-state index contributed by atoms with van der Waals surface area (Å²) in [5.41, 5.74) is 0.168. The number of nitrogens with zero attached hydrogens (tertiary/aromatic N) is 1. The van der Waals surface area contributed by atoms with Crippen molar-refractivity contribution in [2.24, 2.45) is 5.92 Å². The van der Waals surface area contributed by atoms with E-state index in [1.807, 2.05) is 6.92 Å². The van der Waals surface area contributed by atoms with Crippen LogP contribution in [0.2, 0.25) is 0 Å². The van der Waals surface area contributed by atoms with E-state index in [1.54, 1.807) is 22.6 Å². The summed E-state index contributed by atoms with van der Waals surface area (Å²) in [5, 5.41) is 14.0. The SMILES string of the molecule is CC(C)CCC(C)Nc1cc(F)c(I)cc1[N+](=O)[O-]. The van der Waals surface area contributed by atoms with Crippen LogP contribution in [0, 0.1) is 25.4 Å². The van der Waals surface area contributed by atoms with Gasteiger partial charge in [0.1, 0.15) is 11.5 Å². The first kappa shape index (κ1) is 16.1. The molecule has 1 rings (SSSR count). The molecule has 1 aromatic carbocycles. The van der Waals surface area contributed by atoms with Crippen molar-refractivity contribution in [2.75, 3.05) is 5.32 Å². The Balaban J connectivity index is 2.87. The molecule has 0 heterocycles. The van der Waals surface area contributed by atoms with Crippen molar-refractivity contribution in [2.45, 2.75) is 39.7 Å². The van der Waals surface area contributed by atoms with Gasteiger partial charge >= 0.3 is 0 Å². The van der Waals surface area contributed by atoms with Crippen LogP contribution in [-0.4, -0.2) is 11.0 Å². The normalized spacial score (nSPS) is 12.5. The standard InChI is InChI=1S/C13H18FIN2O2/c1-8(2)4-5-9(3)16-12-6-10(14)11(15)7-13(12)17(18)19/h6-9,16H,4-5H2,1-3H3. The minimum atomic E-state index is -0.487. The van der Waals surface area contributed by atoms with Gasteiger partial charge in [-0.15, -0.1) is 0 Å². The lowest BCUT2D eigenvalue weighted by Gasteiger charge is -2.16. The van der Waals surface area contributed by atoms with Crippen LogP contribution in [0.4, 0.5) is 15.8 Å². The number of benzene rings is 1. The predicted octanol–water partition coefficient (Wildman–Crippen LogP) is 4.58. The molecule has 0 saturated heterocycles. The molecule has 0 amide bonds. The number of hydrogen-bond acceptors (Lipinski definition) is 3. The van der Waals surface area contributed by atoms with Crippen molar-refractivity contribution in [3.8, 4) is 0 Å². The van der Waals surface area contributed by atoms with Crippen molar-refractivity contribution < 1.29 is 9.31 Å². The Labute approximate surface area is 126 Å². The van der Waals surface area contributed by atoms with Crippen LogP contribution in [0.15, 0.2) is 12.1 Å². The zero-order chi connectivity index (χ0) is 14.6. The Bertz CT molecular complexity index is 466. The molecule has 0 aliphatic heterocycles. The largest absolute Gasteiger partial charge is 0.377 e. The Morgan fingerprint density at radius 1 is 1.37 bits per heavy atom. The Kier molecular flexibility index (Phi) is 5.96. The summed E-state index contributed by atoms with van der Waals surface area (Å²) in [6, 6.07) is 2.53. The monoisotopic (exact) mass is 380 g/mol. The number of anilines is 1. The number of nitro benzene ring substituents is 1. The number of nitro groups is 1. The van der Waals surface area contributed by atoms with Crippen LogP contribution in [0.1, 0.15) is 33.6 Å². The lowest BCUT2D eigenvalue weighted by Crippen LogP contribution is -2.17. The highest BCUT2D eigenvalue weighted by Crippen LogP contribution is 2.29. The molecule has 0 aromatic heterocycles. The lowest BCUT2D eigenvalue weighted by molar-refractivity contribution is -0.384. The second-order valence-electron chi connectivity index (χ2n) is 5.06. The molecule has 1 unspecified atom stereocenters. The lowest BCUT2D eigenvalue weighted by atomic mass is 10.0. The maximum Gasteiger partial charge on any atom is 0.293 e. The average Bonchev–Trinajstić information content (AvgIpc) is 2.30. The maximum absolute atomic E-state index is 13.5. The molecule has 1 aromatic rings. The van der Waals surface area contributed by atoms with Crippen molar-refractivity contribution in [1.82, 2.24) is 0 Å². The third kappa shape index (κ3) is 4.93. The van der Waals surface area contributed by atoms with E-state index in [9.17, 15) is 14.5 Å². The van der Waals surface area contributed by atoms with Crippen LogP contribution in [-0.2, 0) is 0 Å². The summed E-state index contributed by atoms with van der Waals surface area (Å²) in [5.74, 6) is 0.137. The fraction of sp³-hybridized carbons (Fsp3) is 0.538. The van der Waals surface area contributed by atoms with E-state index in [0.717, 1.165) is 12.8 Å². The molecule has 1 N–H and O–H groups in total. The van der Waals surface area contributed by atoms with Gasteiger partial charge in [0.2, 0.25) is 0 Å². The van der Waals surface area contributed by atoms with Crippen molar-refractivity contribution >= 4 is 34.0 Å². The molecule has 19 heavy (non-hydrogen) atoms. The first-order valence-corrected chi connectivity index (χ1v) is 7.29. The molecule has 0 aliphatic carbocycles. The summed E-state index contributed by atoms with van der Waals surface area (Å²) in [6.07, 6.45) is 1.91. The first-order chi connectivity index (χ1) is 8.81. The smallest absolute Gasteiger partial charge is 0.293 e. The van der Waals surface area contributed by atoms with Gasteiger partial charge in [-0.25, -0.2) is 4.39 Å². The van der Waals surface area contributed by atoms with Gasteiger partial charge in [0, 0.05) is 18.2 Å². The van der Waals surface area contributed by atoms with E-state index in [4.69, 9.17) is 0 Å². The maximum atomic E-state index is 13.5. The highest BCUT2D eigenvalue weighted by atomic mass is 127. The number of hydrogen-bond donors (Lipinski definition) is 1. The fourth-order valence-electron chi connectivity index (χ4n) is 1.72. The van der Waals surface area contributed by atoms with Gasteiger partial charge < -0.3 is 5.32 Å². The topological polar surface area (TPSA) is 55.2 Å². The van der Waals surface area contributed by atoms with Crippen molar-refractivity contribution in [1.29, 1.82) is 0 Å². The molecule has 0 saturated carbocycles. The second kappa shape index (κ2) is 7.02. The van der Waals surface area contributed by atoms with Gasteiger partial charge in [0.25, 0.3) is 5.69 Å². The third-order valence-corrected chi connectivity index (χ3v) is 3.64. The average molecular weight is 380 g/mol. The quantitative estimate of drug-likeness (QED) is 0.447. The van der Waals surface area contributed by atoms with E-state index in [0.29, 0.717) is 5.92 Å². The summed E-state index contributed by atoms with van der Waals surface area (Å²) in [6.45, 7) is 6.20. The first-order valence-electron chi connectivity index (χ1n) is 6.21.